The summed E-state index contributed by atoms with van der Waals surface area (Å²) >= 11 is 0. The molecule has 0 atom stereocenters. The minimum absolute atomic E-state index is 0.212. The van der Waals surface area contributed by atoms with Gasteiger partial charge in [-0.25, -0.2) is 9.18 Å². The highest BCUT2D eigenvalue weighted by Gasteiger charge is 2.19. The maximum Gasteiger partial charge on any atom is 0.410 e. The maximum absolute atomic E-state index is 13.3. The third kappa shape index (κ3) is 7.87. The van der Waals surface area contributed by atoms with Gasteiger partial charge in [0.1, 0.15) is 11.4 Å². The van der Waals surface area contributed by atoms with E-state index in [9.17, 15) is 9.18 Å². The number of halogens is 1. The largest absolute Gasteiger partial charge is 0.444 e. The number of guanidine groups is 1. The Morgan fingerprint density at radius 3 is 2.56 bits per heavy atom. The summed E-state index contributed by atoms with van der Waals surface area (Å²) in [6.45, 7) is 8.77. The lowest BCUT2D eigenvalue weighted by Crippen LogP contribution is -2.42. The molecule has 1 aromatic carbocycles. The summed E-state index contributed by atoms with van der Waals surface area (Å²) in [5.41, 5.74) is 1.07. The van der Waals surface area contributed by atoms with Crippen LogP contribution < -0.4 is 10.6 Å². The molecule has 0 aliphatic rings. The molecule has 0 aliphatic heterocycles. The maximum atomic E-state index is 13.3. The number of hydrogen-bond acceptors (Lipinski definition) is 3. The second-order valence-electron chi connectivity index (χ2n) is 6.84. The Morgan fingerprint density at radius 1 is 1.32 bits per heavy atom. The van der Waals surface area contributed by atoms with E-state index in [2.05, 4.69) is 15.6 Å². The standard InChI is InChI=1S/C18H29FN4O2/c1-13-11-14(7-8-15(13)19)12-22-16(20-5)21-9-10-23(6)17(24)25-18(2,3)4/h7-8,11H,9-10,12H2,1-6H3,(H2,20,21,22). The molecule has 0 fully saturated rings. The van der Waals surface area contributed by atoms with Gasteiger partial charge in [0.25, 0.3) is 0 Å². The van der Waals surface area contributed by atoms with Gasteiger partial charge in [0.2, 0.25) is 0 Å². The number of amides is 1. The Bertz CT molecular complexity index is 612. The zero-order valence-corrected chi connectivity index (χ0v) is 15.9. The topological polar surface area (TPSA) is 66.0 Å². The molecule has 140 valence electrons. The van der Waals surface area contributed by atoms with Crippen molar-refractivity contribution in [3.63, 3.8) is 0 Å². The second kappa shape index (κ2) is 9.25. The van der Waals surface area contributed by atoms with Crippen LogP contribution >= 0.6 is 0 Å². The first kappa shape index (κ1) is 20.7. The molecular weight excluding hydrogens is 323 g/mol. The van der Waals surface area contributed by atoms with Crippen LogP contribution in [0, 0.1) is 12.7 Å². The summed E-state index contributed by atoms with van der Waals surface area (Å²) in [6.07, 6.45) is -0.362. The smallest absolute Gasteiger partial charge is 0.410 e. The van der Waals surface area contributed by atoms with Gasteiger partial charge in [-0.3, -0.25) is 4.99 Å². The third-order valence-electron chi connectivity index (χ3n) is 3.35. The molecule has 0 saturated carbocycles. The number of ether oxygens (including phenoxy) is 1. The number of aryl methyl sites for hydroxylation is 1. The number of nitrogens with zero attached hydrogens (tertiary/aromatic N) is 2. The highest BCUT2D eigenvalue weighted by molar-refractivity contribution is 5.79. The van der Waals surface area contributed by atoms with Crippen molar-refractivity contribution in [2.24, 2.45) is 4.99 Å². The molecule has 7 heteroatoms. The van der Waals surface area contributed by atoms with E-state index in [-0.39, 0.29) is 11.9 Å². The summed E-state index contributed by atoms with van der Waals surface area (Å²) in [7, 11) is 3.36. The van der Waals surface area contributed by atoms with Gasteiger partial charge in [0.15, 0.2) is 5.96 Å². The molecule has 1 rings (SSSR count). The van der Waals surface area contributed by atoms with Crippen LogP contribution in [0.5, 0.6) is 0 Å². The van der Waals surface area contributed by atoms with E-state index >= 15 is 0 Å². The van der Waals surface area contributed by atoms with Crippen LogP contribution in [0.1, 0.15) is 31.9 Å². The fraction of sp³-hybridized carbons (Fsp3) is 0.556. The molecule has 6 nitrogen and oxygen atoms in total. The fourth-order valence-electron chi connectivity index (χ4n) is 2.00. The second-order valence-corrected chi connectivity index (χ2v) is 6.84. The normalized spacial score (nSPS) is 11.9. The van der Waals surface area contributed by atoms with Gasteiger partial charge in [0.05, 0.1) is 0 Å². The van der Waals surface area contributed by atoms with Crippen LogP contribution in [0.25, 0.3) is 0 Å². The predicted octanol–water partition coefficient (Wildman–Crippen LogP) is 2.67. The van der Waals surface area contributed by atoms with E-state index in [1.807, 2.05) is 20.8 Å². The number of carbonyl (C=O) groups excluding carboxylic acids is 1. The summed E-state index contributed by atoms with van der Waals surface area (Å²) in [6, 6.07) is 4.99. The van der Waals surface area contributed by atoms with Crippen LogP contribution in [-0.4, -0.2) is 49.7 Å². The molecule has 0 spiro atoms. The van der Waals surface area contributed by atoms with Crippen LogP contribution in [0.2, 0.25) is 0 Å². The Labute approximate surface area is 149 Å². The lowest BCUT2D eigenvalue weighted by atomic mass is 10.1. The summed E-state index contributed by atoms with van der Waals surface area (Å²) in [5.74, 6) is 0.399. The molecule has 1 amide bonds. The van der Waals surface area contributed by atoms with Crippen molar-refractivity contribution in [2.45, 2.75) is 39.8 Å². The average Bonchev–Trinajstić information content (AvgIpc) is 2.52. The Hall–Kier alpha value is -2.31. The van der Waals surface area contributed by atoms with Crippen LogP contribution in [0.4, 0.5) is 9.18 Å². The Balaban J connectivity index is 2.39. The van der Waals surface area contributed by atoms with Gasteiger partial charge in [-0.05, 0) is 44.9 Å². The number of hydrogen-bond donors (Lipinski definition) is 2. The van der Waals surface area contributed by atoms with Crippen molar-refractivity contribution in [1.29, 1.82) is 0 Å². The van der Waals surface area contributed by atoms with Crippen molar-refractivity contribution in [2.75, 3.05) is 27.2 Å². The zero-order valence-electron chi connectivity index (χ0n) is 15.9. The molecule has 0 bridgehead atoms. The molecule has 0 radical (unpaired) electrons. The first-order valence-electron chi connectivity index (χ1n) is 8.26. The lowest BCUT2D eigenvalue weighted by Gasteiger charge is -2.24. The molecule has 0 aromatic heterocycles. The van der Waals surface area contributed by atoms with E-state index < -0.39 is 5.60 Å². The molecule has 1 aromatic rings. The van der Waals surface area contributed by atoms with E-state index in [4.69, 9.17) is 4.74 Å². The van der Waals surface area contributed by atoms with Crippen molar-refractivity contribution in [1.82, 2.24) is 15.5 Å². The zero-order chi connectivity index (χ0) is 19.0. The van der Waals surface area contributed by atoms with Crippen LogP contribution in [0.3, 0.4) is 0 Å². The van der Waals surface area contributed by atoms with Gasteiger partial charge >= 0.3 is 6.09 Å². The Kier molecular flexibility index (Phi) is 7.67. The molecule has 0 unspecified atom stereocenters. The first-order valence-corrected chi connectivity index (χ1v) is 8.26. The first-order chi connectivity index (χ1) is 11.6. The van der Waals surface area contributed by atoms with Gasteiger partial charge in [0, 0.05) is 33.7 Å². The van der Waals surface area contributed by atoms with Crippen molar-refractivity contribution in [3.8, 4) is 0 Å². The lowest BCUT2D eigenvalue weighted by molar-refractivity contribution is 0.0302. The SMILES string of the molecule is CN=C(NCCN(C)C(=O)OC(C)(C)C)NCc1ccc(F)c(C)c1. The minimum atomic E-state index is -0.510. The summed E-state index contributed by atoms with van der Waals surface area (Å²) in [4.78, 5) is 17.5. The Morgan fingerprint density at radius 2 is 2.00 bits per heavy atom. The van der Waals surface area contributed by atoms with Crippen LogP contribution in [-0.2, 0) is 11.3 Å². The highest BCUT2D eigenvalue weighted by atomic mass is 19.1. The van der Waals surface area contributed by atoms with E-state index in [0.29, 0.717) is 31.2 Å². The molecule has 0 aliphatic carbocycles. The molecule has 2 N–H and O–H groups in total. The highest BCUT2D eigenvalue weighted by Crippen LogP contribution is 2.09. The van der Waals surface area contributed by atoms with Crippen molar-refractivity contribution < 1.29 is 13.9 Å². The monoisotopic (exact) mass is 352 g/mol. The number of benzene rings is 1. The quantitative estimate of drug-likeness (QED) is 0.632. The van der Waals surface area contributed by atoms with Crippen molar-refractivity contribution in [3.05, 3.63) is 35.1 Å². The fourth-order valence-corrected chi connectivity index (χ4v) is 2.00. The number of likely N-dealkylation sites (N-methyl/N-ethyl adjacent to an activating group) is 1. The van der Waals surface area contributed by atoms with Crippen LogP contribution in [0.15, 0.2) is 23.2 Å². The van der Waals surface area contributed by atoms with Crippen molar-refractivity contribution >= 4 is 12.1 Å². The molecule has 25 heavy (non-hydrogen) atoms. The van der Waals surface area contributed by atoms with Gasteiger partial charge < -0.3 is 20.3 Å². The molecular formula is C18H29FN4O2. The molecule has 0 saturated heterocycles. The number of rotatable bonds is 5. The third-order valence-corrected chi connectivity index (χ3v) is 3.35. The minimum Gasteiger partial charge on any atom is -0.444 e. The average molecular weight is 352 g/mol. The van der Waals surface area contributed by atoms with E-state index in [0.717, 1.165) is 5.56 Å². The van der Waals surface area contributed by atoms with E-state index in [1.165, 1.54) is 11.0 Å². The number of carbonyl (C=O) groups is 1. The molecule has 0 heterocycles. The van der Waals surface area contributed by atoms with Gasteiger partial charge in [-0.2, -0.15) is 0 Å². The summed E-state index contributed by atoms with van der Waals surface area (Å²) in [5, 5.41) is 6.28. The summed E-state index contributed by atoms with van der Waals surface area (Å²) < 4.78 is 18.6. The number of nitrogens with one attached hydrogen (secondary N) is 2. The van der Waals surface area contributed by atoms with Gasteiger partial charge in [-0.15, -0.1) is 0 Å². The van der Waals surface area contributed by atoms with E-state index in [1.54, 1.807) is 33.2 Å². The van der Waals surface area contributed by atoms with Gasteiger partial charge in [-0.1, -0.05) is 12.1 Å². The number of aliphatic imine (C=N–C) groups is 1. The predicted molar refractivity (Wildman–Crippen MR) is 98.2 cm³/mol.